The Morgan fingerprint density at radius 1 is 1.64 bits per heavy atom. The molecule has 1 rings (SSSR count). The van der Waals surface area contributed by atoms with E-state index in [0.29, 0.717) is 17.5 Å². The molecule has 5 heteroatoms. The van der Waals surface area contributed by atoms with Gasteiger partial charge in [-0.3, -0.25) is 4.79 Å². The quantitative estimate of drug-likeness (QED) is 0.578. The Kier molecular flexibility index (Phi) is 3.52. The normalized spacial score (nSPS) is 10.6. The molecule has 0 unspecified atom stereocenters. The highest BCUT2D eigenvalue weighted by Gasteiger charge is 2.16. The van der Waals surface area contributed by atoms with Crippen molar-refractivity contribution in [2.45, 2.75) is 19.2 Å². The highest BCUT2D eigenvalue weighted by Crippen LogP contribution is 2.23. The minimum atomic E-state index is -2.70. The maximum absolute atomic E-state index is 12.4. The first kappa shape index (κ1) is 11.0. The van der Waals surface area contributed by atoms with Crippen molar-refractivity contribution in [2.75, 3.05) is 0 Å². The second-order valence-corrected chi connectivity index (χ2v) is 3.03. The van der Waals surface area contributed by atoms with E-state index in [1.54, 1.807) is 6.92 Å². The Bertz CT molecular complexity index is 355. The van der Waals surface area contributed by atoms with Crippen molar-refractivity contribution in [3.63, 3.8) is 0 Å². The van der Waals surface area contributed by atoms with E-state index >= 15 is 0 Å². The van der Waals surface area contributed by atoms with Crippen molar-refractivity contribution in [3.8, 4) is 0 Å². The van der Waals surface area contributed by atoms with Crippen molar-refractivity contribution in [3.05, 3.63) is 28.6 Å². The van der Waals surface area contributed by atoms with Gasteiger partial charge in [0.05, 0.1) is 0 Å². The van der Waals surface area contributed by atoms with E-state index in [2.05, 4.69) is 4.98 Å². The molecule has 0 bridgehead atoms. The summed E-state index contributed by atoms with van der Waals surface area (Å²) in [6.07, 6.45) is -2.38. The Morgan fingerprint density at radius 2 is 2.29 bits per heavy atom. The summed E-state index contributed by atoms with van der Waals surface area (Å²) in [4.78, 5) is 14.2. The SMILES string of the molecule is Cc1nc(C=O)c(C(F)F)cc1CCl. The Morgan fingerprint density at radius 3 is 2.71 bits per heavy atom. The zero-order valence-electron chi connectivity index (χ0n) is 7.43. The van der Waals surface area contributed by atoms with Gasteiger partial charge in [-0.15, -0.1) is 11.6 Å². The van der Waals surface area contributed by atoms with Crippen LogP contribution in [0, 0.1) is 6.92 Å². The molecule has 0 aliphatic carbocycles. The minimum absolute atomic E-state index is 0.109. The van der Waals surface area contributed by atoms with Gasteiger partial charge in [0, 0.05) is 17.1 Å². The second kappa shape index (κ2) is 4.46. The lowest BCUT2D eigenvalue weighted by atomic mass is 10.1. The Balaban J connectivity index is 3.32. The number of halogens is 3. The van der Waals surface area contributed by atoms with Crippen LogP contribution in [0.1, 0.15) is 33.7 Å². The summed E-state index contributed by atoms with van der Waals surface area (Å²) in [5.41, 5.74) is 0.451. The monoisotopic (exact) mass is 219 g/mol. The van der Waals surface area contributed by atoms with Crippen LogP contribution < -0.4 is 0 Å². The molecule has 0 saturated heterocycles. The molecule has 0 N–H and O–H groups in total. The van der Waals surface area contributed by atoms with Gasteiger partial charge in [-0.2, -0.15) is 0 Å². The summed E-state index contributed by atoms with van der Waals surface area (Å²) in [5.74, 6) is 0.109. The fourth-order valence-corrected chi connectivity index (χ4v) is 1.36. The number of hydrogen-bond acceptors (Lipinski definition) is 2. The fourth-order valence-electron chi connectivity index (χ4n) is 1.09. The number of aromatic nitrogens is 1. The maximum Gasteiger partial charge on any atom is 0.266 e. The van der Waals surface area contributed by atoms with Crippen molar-refractivity contribution < 1.29 is 13.6 Å². The smallest absolute Gasteiger partial charge is 0.266 e. The second-order valence-electron chi connectivity index (χ2n) is 2.76. The fraction of sp³-hybridized carbons (Fsp3) is 0.333. The van der Waals surface area contributed by atoms with Gasteiger partial charge in [0.2, 0.25) is 0 Å². The van der Waals surface area contributed by atoms with Crippen molar-refractivity contribution >= 4 is 17.9 Å². The molecule has 14 heavy (non-hydrogen) atoms. The Hall–Kier alpha value is -1.03. The summed E-state index contributed by atoms with van der Waals surface area (Å²) in [6, 6.07) is 1.23. The molecule has 1 aromatic rings. The standard InChI is InChI=1S/C9H8ClF2NO/c1-5-6(3-10)2-7(9(11)12)8(4-14)13-5/h2,4,9H,3H2,1H3. The van der Waals surface area contributed by atoms with E-state index < -0.39 is 6.43 Å². The lowest BCUT2D eigenvalue weighted by molar-refractivity contribution is 0.110. The third-order valence-corrected chi connectivity index (χ3v) is 2.16. The minimum Gasteiger partial charge on any atom is -0.296 e. The van der Waals surface area contributed by atoms with Crippen molar-refractivity contribution in [1.29, 1.82) is 0 Å². The van der Waals surface area contributed by atoms with Gasteiger partial charge >= 0.3 is 0 Å². The van der Waals surface area contributed by atoms with Crippen molar-refractivity contribution in [1.82, 2.24) is 4.98 Å². The van der Waals surface area contributed by atoms with E-state index in [4.69, 9.17) is 11.6 Å². The largest absolute Gasteiger partial charge is 0.296 e. The Labute approximate surface area is 84.9 Å². The molecule has 0 fully saturated rings. The molecule has 0 aromatic carbocycles. The van der Waals surface area contributed by atoms with Gasteiger partial charge in [-0.1, -0.05) is 0 Å². The zero-order chi connectivity index (χ0) is 10.7. The van der Waals surface area contributed by atoms with Gasteiger partial charge < -0.3 is 0 Å². The van der Waals surface area contributed by atoms with Crippen LogP contribution in [-0.4, -0.2) is 11.3 Å². The molecule has 0 aliphatic heterocycles. The average molecular weight is 220 g/mol. The highest BCUT2D eigenvalue weighted by atomic mass is 35.5. The molecule has 0 aliphatic rings. The van der Waals surface area contributed by atoms with Gasteiger partial charge in [-0.05, 0) is 18.6 Å². The third kappa shape index (κ3) is 2.07. The molecule has 0 saturated carbocycles. The van der Waals surface area contributed by atoms with Crippen LogP contribution in [0.4, 0.5) is 8.78 Å². The van der Waals surface area contributed by atoms with Gasteiger partial charge in [-0.25, -0.2) is 13.8 Å². The van der Waals surface area contributed by atoms with E-state index in [9.17, 15) is 13.6 Å². The first-order valence-electron chi connectivity index (χ1n) is 3.89. The molecular formula is C9H8ClF2NO. The summed E-state index contributed by atoms with van der Waals surface area (Å²) in [7, 11) is 0. The van der Waals surface area contributed by atoms with Gasteiger partial charge in [0.25, 0.3) is 6.43 Å². The number of nitrogens with zero attached hydrogens (tertiary/aromatic N) is 1. The van der Waals surface area contributed by atoms with Gasteiger partial charge in [0.1, 0.15) is 5.69 Å². The van der Waals surface area contributed by atoms with Crippen LogP contribution in [0.15, 0.2) is 6.07 Å². The summed E-state index contributed by atoms with van der Waals surface area (Å²) in [5, 5.41) is 0. The van der Waals surface area contributed by atoms with Gasteiger partial charge in [0.15, 0.2) is 6.29 Å². The summed E-state index contributed by atoms with van der Waals surface area (Å²) >= 11 is 5.53. The maximum atomic E-state index is 12.4. The lowest BCUT2D eigenvalue weighted by Gasteiger charge is -2.07. The van der Waals surface area contributed by atoms with E-state index in [-0.39, 0.29) is 17.1 Å². The molecule has 1 aromatic heterocycles. The number of alkyl halides is 3. The number of aryl methyl sites for hydroxylation is 1. The predicted octanol–water partition coefficient (Wildman–Crippen LogP) is 2.88. The van der Waals surface area contributed by atoms with E-state index in [1.165, 1.54) is 6.07 Å². The summed E-state index contributed by atoms with van der Waals surface area (Å²) in [6.45, 7) is 1.62. The number of aldehydes is 1. The first-order valence-corrected chi connectivity index (χ1v) is 4.43. The first-order chi connectivity index (χ1) is 6.60. The molecule has 0 atom stereocenters. The average Bonchev–Trinajstić information content (AvgIpc) is 2.16. The molecule has 0 radical (unpaired) electrons. The number of carbonyl (C=O) groups excluding carboxylic acids is 1. The molecule has 1 heterocycles. The van der Waals surface area contributed by atoms with Crippen molar-refractivity contribution in [2.24, 2.45) is 0 Å². The number of pyridine rings is 1. The predicted molar refractivity (Wildman–Crippen MR) is 48.9 cm³/mol. The lowest BCUT2D eigenvalue weighted by Crippen LogP contribution is -2.02. The van der Waals surface area contributed by atoms with Crippen LogP contribution in [0.5, 0.6) is 0 Å². The third-order valence-electron chi connectivity index (χ3n) is 1.87. The topological polar surface area (TPSA) is 30.0 Å². The number of hydrogen-bond donors (Lipinski definition) is 0. The molecule has 0 amide bonds. The van der Waals surface area contributed by atoms with Crippen LogP contribution in [-0.2, 0) is 5.88 Å². The van der Waals surface area contributed by atoms with Crippen LogP contribution in [0.3, 0.4) is 0 Å². The molecular weight excluding hydrogens is 212 g/mol. The van der Waals surface area contributed by atoms with Crippen LogP contribution in [0.2, 0.25) is 0 Å². The van der Waals surface area contributed by atoms with E-state index in [1.807, 2.05) is 0 Å². The highest BCUT2D eigenvalue weighted by molar-refractivity contribution is 6.17. The van der Waals surface area contributed by atoms with Crippen LogP contribution in [0.25, 0.3) is 0 Å². The van der Waals surface area contributed by atoms with E-state index in [0.717, 1.165) is 0 Å². The summed E-state index contributed by atoms with van der Waals surface area (Å²) < 4.78 is 24.8. The molecule has 0 spiro atoms. The number of carbonyl (C=O) groups is 1. The zero-order valence-corrected chi connectivity index (χ0v) is 8.18. The van der Waals surface area contributed by atoms with Crippen LogP contribution >= 0.6 is 11.6 Å². The molecule has 2 nitrogen and oxygen atoms in total. The molecule has 76 valence electrons. The number of rotatable bonds is 3.